The van der Waals surface area contributed by atoms with Gasteiger partial charge in [0.15, 0.2) is 5.17 Å². The Morgan fingerprint density at radius 3 is 2.26 bits per heavy atom. The number of phenols is 1. The van der Waals surface area contributed by atoms with Gasteiger partial charge in [-0.05, 0) is 110 Å². The van der Waals surface area contributed by atoms with Gasteiger partial charge in [0.05, 0.1) is 16.3 Å². The number of hydrogen-bond acceptors (Lipinski definition) is 4. The highest BCUT2D eigenvalue weighted by molar-refractivity contribution is 8.19. The lowest BCUT2D eigenvalue weighted by Crippen LogP contribution is -2.28. The largest absolute Gasteiger partial charge is 0.508 e. The average Bonchev–Trinajstić information content (AvgIpc) is 3.02. The van der Waals surface area contributed by atoms with Crippen molar-refractivity contribution in [1.29, 1.82) is 0 Å². The summed E-state index contributed by atoms with van der Waals surface area (Å²) in [7, 11) is 0. The molecule has 4 rings (SSSR count). The molecule has 0 spiro atoms. The van der Waals surface area contributed by atoms with Gasteiger partial charge in [-0.15, -0.1) is 0 Å². The Kier molecular flexibility index (Phi) is 5.70. The number of amides is 1. The van der Waals surface area contributed by atoms with Crippen LogP contribution in [0.4, 0.5) is 11.4 Å². The number of aromatic hydroxyl groups is 1. The summed E-state index contributed by atoms with van der Waals surface area (Å²) in [5, 5.41) is 10.4. The van der Waals surface area contributed by atoms with Crippen molar-refractivity contribution in [3.05, 3.63) is 93.4 Å². The quantitative estimate of drug-likeness (QED) is 0.489. The van der Waals surface area contributed by atoms with Gasteiger partial charge < -0.3 is 5.11 Å². The lowest BCUT2D eigenvalue weighted by atomic mass is 10.1. The Morgan fingerprint density at radius 1 is 0.871 bits per heavy atom. The van der Waals surface area contributed by atoms with Crippen molar-refractivity contribution in [1.82, 2.24) is 0 Å². The number of nitrogens with zero attached hydrogens (tertiary/aromatic N) is 2. The van der Waals surface area contributed by atoms with Crippen molar-refractivity contribution >= 4 is 40.3 Å². The van der Waals surface area contributed by atoms with Crippen molar-refractivity contribution < 1.29 is 9.90 Å². The molecule has 31 heavy (non-hydrogen) atoms. The van der Waals surface area contributed by atoms with Crippen LogP contribution in [0, 0.1) is 27.7 Å². The van der Waals surface area contributed by atoms with Crippen LogP contribution in [0.5, 0.6) is 5.75 Å². The number of phenolic OH excluding ortho intramolecular Hbond substituents is 1. The molecule has 156 valence electrons. The molecule has 0 aromatic heterocycles. The molecule has 0 atom stereocenters. The highest BCUT2D eigenvalue weighted by Crippen LogP contribution is 2.38. The van der Waals surface area contributed by atoms with Crippen molar-refractivity contribution in [3.63, 3.8) is 0 Å². The second-order valence-corrected chi connectivity index (χ2v) is 8.79. The number of thioether (sulfide) groups is 1. The first kappa shape index (κ1) is 20.9. The Bertz CT molecular complexity index is 1240. The molecule has 1 aliphatic heterocycles. The Labute approximate surface area is 187 Å². The standard InChI is InChI=1S/C26H24N2O2S/c1-16-8-10-21(12-18(16)3)27-26-28(22-11-9-17(2)19(4)13-22)25(30)24(31-26)15-20-6-5-7-23(29)14-20/h5-15,29H,1-4H3/b24-15+,27-26?. The Morgan fingerprint density at radius 2 is 1.58 bits per heavy atom. The van der Waals surface area contributed by atoms with Gasteiger partial charge in [-0.1, -0.05) is 24.3 Å². The van der Waals surface area contributed by atoms with E-state index in [1.165, 1.54) is 22.9 Å². The van der Waals surface area contributed by atoms with Crippen LogP contribution in [-0.4, -0.2) is 16.2 Å². The number of aliphatic imine (C=N–C) groups is 1. The minimum Gasteiger partial charge on any atom is -0.508 e. The van der Waals surface area contributed by atoms with E-state index in [0.717, 1.165) is 28.1 Å². The van der Waals surface area contributed by atoms with Crippen molar-refractivity contribution in [2.45, 2.75) is 27.7 Å². The molecule has 0 radical (unpaired) electrons. The Hall–Kier alpha value is -3.31. The normalized spacial score (nSPS) is 16.5. The first-order chi connectivity index (χ1) is 14.8. The van der Waals surface area contributed by atoms with Gasteiger partial charge in [-0.3, -0.25) is 9.69 Å². The fourth-order valence-corrected chi connectivity index (χ4v) is 4.31. The predicted octanol–water partition coefficient (Wildman–Crippen LogP) is 6.43. The minimum atomic E-state index is -0.126. The molecule has 1 amide bonds. The monoisotopic (exact) mass is 428 g/mol. The molecule has 1 heterocycles. The van der Waals surface area contributed by atoms with E-state index in [1.54, 1.807) is 29.2 Å². The molecule has 0 aliphatic carbocycles. The molecule has 1 aliphatic rings. The first-order valence-corrected chi connectivity index (χ1v) is 10.9. The third kappa shape index (κ3) is 4.42. The number of carbonyl (C=O) groups excluding carboxylic acids is 1. The summed E-state index contributed by atoms with van der Waals surface area (Å²) in [6.07, 6.45) is 1.80. The van der Waals surface area contributed by atoms with E-state index in [9.17, 15) is 9.90 Å². The second kappa shape index (κ2) is 8.44. The molecule has 1 fully saturated rings. The second-order valence-electron chi connectivity index (χ2n) is 7.78. The molecule has 0 bridgehead atoms. The Balaban J connectivity index is 1.81. The number of aryl methyl sites for hydroxylation is 4. The van der Waals surface area contributed by atoms with Gasteiger partial charge >= 0.3 is 0 Å². The molecule has 1 saturated heterocycles. The molecule has 1 N–H and O–H groups in total. The maximum absolute atomic E-state index is 13.4. The fraction of sp³-hybridized carbons (Fsp3) is 0.154. The van der Waals surface area contributed by atoms with E-state index in [0.29, 0.717) is 10.1 Å². The molecule has 3 aromatic rings. The average molecular weight is 429 g/mol. The third-order valence-electron chi connectivity index (χ3n) is 5.44. The van der Waals surface area contributed by atoms with E-state index in [1.807, 2.05) is 49.4 Å². The maximum Gasteiger partial charge on any atom is 0.271 e. The van der Waals surface area contributed by atoms with Gasteiger partial charge in [-0.2, -0.15) is 0 Å². The highest BCUT2D eigenvalue weighted by atomic mass is 32.2. The van der Waals surface area contributed by atoms with Crippen molar-refractivity contribution in [2.75, 3.05) is 4.90 Å². The van der Waals surface area contributed by atoms with Gasteiger partial charge in [0, 0.05) is 0 Å². The molecular formula is C26H24N2O2S. The van der Waals surface area contributed by atoms with Gasteiger partial charge in [-0.25, -0.2) is 4.99 Å². The molecule has 0 saturated carbocycles. The SMILES string of the molecule is Cc1ccc(N=C2S/C(=C/c3cccc(O)c3)C(=O)N2c2ccc(C)c(C)c2)cc1C. The number of rotatable bonds is 3. The molecule has 4 nitrogen and oxygen atoms in total. The summed E-state index contributed by atoms with van der Waals surface area (Å²) in [6.45, 7) is 8.21. The minimum absolute atomic E-state index is 0.126. The summed E-state index contributed by atoms with van der Waals surface area (Å²) in [5.74, 6) is 0.0408. The summed E-state index contributed by atoms with van der Waals surface area (Å²) in [5.41, 5.74) is 7.02. The van der Waals surface area contributed by atoms with Gasteiger partial charge in [0.1, 0.15) is 5.75 Å². The zero-order valence-corrected chi connectivity index (χ0v) is 18.8. The summed E-state index contributed by atoms with van der Waals surface area (Å²) < 4.78 is 0. The summed E-state index contributed by atoms with van der Waals surface area (Å²) in [6, 6.07) is 18.9. The highest BCUT2D eigenvalue weighted by Gasteiger charge is 2.35. The first-order valence-electron chi connectivity index (χ1n) is 10.1. The molecule has 5 heteroatoms. The van der Waals surface area contributed by atoms with E-state index < -0.39 is 0 Å². The smallest absolute Gasteiger partial charge is 0.271 e. The van der Waals surface area contributed by atoms with Crippen LogP contribution in [0.2, 0.25) is 0 Å². The molecule has 0 unspecified atom stereocenters. The van der Waals surface area contributed by atoms with E-state index in [-0.39, 0.29) is 11.7 Å². The van der Waals surface area contributed by atoms with E-state index in [2.05, 4.69) is 20.8 Å². The van der Waals surface area contributed by atoms with Crippen LogP contribution >= 0.6 is 11.8 Å². The number of hydrogen-bond donors (Lipinski definition) is 1. The number of benzene rings is 3. The van der Waals surface area contributed by atoms with E-state index in [4.69, 9.17) is 4.99 Å². The van der Waals surface area contributed by atoms with Gasteiger partial charge in [0.25, 0.3) is 5.91 Å². The number of amidine groups is 1. The number of carbonyl (C=O) groups is 1. The zero-order chi connectivity index (χ0) is 22.1. The third-order valence-corrected chi connectivity index (χ3v) is 6.41. The van der Waals surface area contributed by atoms with Crippen LogP contribution in [0.25, 0.3) is 6.08 Å². The maximum atomic E-state index is 13.4. The van der Waals surface area contributed by atoms with Crippen LogP contribution in [0.3, 0.4) is 0 Å². The topological polar surface area (TPSA) is 52.9 Å². The van der Waals surface area contributed by atoms with E-state index >= 15 is 0 Å². The van der Waals surface area contributed by atoms with Gasteiger partial charge in [0.2, 0.25) is 0 Å². The van der Waals surface area contributed by atoms with Crippen molar-refractivity contribution in [3.8, 4) is 5.75 Å². The van der Waals surface area contributed by atoms with Crippen LogP contribution in [0.1, 0.15) is 27.8 Å². The summed E-state index contributed by atoms with van der Waals surface area (Å²) >= 11 is 1.34. The molecule has 3 aromatic carbocycles. The van der Waals surface area contributed by atoms with Crippen molar-refractivity contribution in [2.24, 2.45) is 4.99 Å². The van der Waals surface area contributed by atoms with Crippen LogP contribution < -0.4 is 4.90 Å². The fourth-order valence-electron chi connectivity index (χ4n) is 3.31. The lowest BCUT2D eigenvalue weighted by Gasteiger charge is -2.17. The lowest BCUT2D eigenvalue weighted by molar-refractivity contribution is -0.113. The van der Waals surface area contributed by atoms with Crippen LogP contribution in [0.15, 0.2) is 70.6 Å². The van der Waals surface area contributed by atoms with Crippen LogP contribution in [-0.2, 0) is 4.79 Å². The predicted molar refractivity (Wildman–Crippen MR) is 130 cm³/mol. The number of anilines is 1. The molecular weight excluding hydrogens is 404 g/mol. The zero-order valence-electron chi connectivity index (χ0n) is 18.0. The summed E-state index contributed by atoms with van der Waals surface area (Å²) in [4.78, 5) is 20.5.